The van der Waals surface area contributed by atoms with Crippen molar-refractivity contribution in [1.82, 2.24) is 5.32 Å². The SMILES string of the molecule is CC(=O)N[C@@H](C(=O)[O-])C(C)C. The van der Waals surface area contributed by atoms with E-state index in [1.807, 2.05) is 0 Å². The fourth-order valence-corrected chi connectivity index (χ4v) is 0.717. The minimum Gasteiger partial charge on any atom is -0.548 e. The van der Waals surface area contributed by atoms with E-state index in [4.69, 9.17) is 0 Å². The van der Waals surface area contributed by atoms with Crippen molar-refractivity contribution >= 4 is 11.9 Å². The lowest BCUT2D eigenvalue weighted by Crippen LogP contribution is -2.50. The van der Waals surface area contributed by atoms with Crippen LogP contribution in [0.2, 0.25) is 0 Å². The van der Waals surface area contributed by atoms with Gasteiger partial charge in [-0.2, -0.15) is 0 Å². The summed E-state index contributed by atoms with van der Waals surface area (Å²) in [6.45, 7) is 4.69. The van der Waals surface area contributed by atoms with Gasteiger partial charge >= 0.3 is 0 Å². The predicted octanol–water partition coefficient (Wildman–Crippen LogP) is -1.10. The number of carbonyl (C=O) groups excluding carboxylic acids is 2. The highest BCUT2D eigenvalue weighted by Crippen LogP contribution is 1.99. The number of amides is 1. The maximum absolute atomic E-state index is 10.5. The van der Waals surface area contributed by atoms with Gasteiger partial charge in [0.05, 0.1) is 12.0 Å². The summed E-state index contributed by atoms with van der Waals surface area (Å²) in [6.07, 6.45) is 0. The molecule has 1 N–H and O–H groups in total. The first-order valence-electron chi connectivity index (χ1n) is 3.43. The fourth-order valence-electron chi connectivity index (χ4n) is 0.717. The molecule has 0 saturated carbocycles. The van der Waals surface area contributed by atoms with Crippen LogP contribution in [0, 0.1) is 5.92 Å². The highest BCUT2D eigenvalue weighted by molar-refractivity contribution is 5.81. The van der Waals surface area contributed by atoms with Crippen molar-refractivity contribution < 1.29 is 14.7 Å². The Balaban J connectivity index is 4.12. The Morgan fingerprint density at radius 1 is 1.36 bits per heavy atom. The Bertz CT molecular complexity index is 165. The number of carbonyl (C=O) groups is 2. The van der Waals surface area contributed by atoms with Crippen molar-refractivity contribution in [3.05, 3.63) is 0 Å². The molecule has 0 unspecified atom stereocenters. The molecule has 0 aliphatic rings. The second kappa shape index (κ2) is 3.95. The van der Waals surface area contributed by atoms with Crippen LogP contribution in [-0.4, -0.2) is 17.9 Å². The molecule has 0 bridgehead atoms. The van der Waals surface area contributed by atoms with E-state index < -0.39 is 12.0 Å². The van der Waals surface area contributed by atoms with Crippen molar-refractivity contribution in [2.24, 2.45) is 5.92 Å². The van der Waals surface area contributed by atoms with E-state index in [2.05, 4.69) is 5.32 Å². The average Bonchev–Trinajstić information content (AvgIpc) is 1.81. The third kappa shape index (κ3) is 3.60. The molecule has 64 valence electrons. The maximum Gasteiger partial charge on any atom is 0.217 e. The van der Waals surface area contributed by atoms with Crippen LogP contribution in [0.3, 0.4) is 0 Å². The number of hydrogen-bond acceptors (Lipinski definition) is 3. The molecule has 11 heavy (non-hydrogen) atoms. The van der Waals surface area contributed by atoms with E-state index in [1.165, 1.54) is 6.92 Å². The van der Waals surface area contributed by atoms with Gasteiger partial charge in [-0.15, -0.1) is 0 Å². The Hall–Kier alpha value is -1.06. The van der Waals surface area contributed by atoms with Crippen LogP contribution in [-0.2, 0) is 9.59 Å². The Kier molecular flexibility index (Phi) is 3.57. The Labute approximate surface area is 65.6 Å². The van der Waals surface area contributed by atoms with E-state index in [0.717, 1.165) is 0 Å². The van der Waals surface area contributed by atoms with E-state index >= 15 is 0 Å². The highest BCUT2D eigenvalue weighted by atomic mass is 16.4. The lowest BCUT2D eigenvalue weighted by atomic mass is 10.1. The van der Waals surface area contributed by atoms with Gasteiger partial charge in [0.25, 0.3) is 0 Å². The first-order chi connectivity index (χ1) is 4.95. The quantitative estimate of drug-likeness (QED) is 0.566. The number of carboxylic acid groups (broad SMARTS) is 1. The molecule has 0 heterocycles. The van der Waals surface area contributed by atoms with Crippen LogP contribution in [0.4, 0.5) is 0 Å². The summed E-state index contributed by atoms with van der Waals surface area (Å²) >= 11 is 0. The molecular weight excluding hydrogens is 146 g/mol. The summed E-state index contributed by atoms with van der Waals surface area (Å²) in [5, 5.41) is 12.6. The van der Waals surface area contributed by atoms with Crippen molar-refractivity contribution in [1.29, 1.82) is 0 Å². The predicted molar refractivity (Wildman–Crippen MR) is 37.4 cm³/mol. The van der Waals surface area contributed by atoms with Gasteiger partial charge in [-0.05, 0) is 5.92 Å². The van der Waals surface area contributed by atoms with Gasteiger partial charge in [-0.25, -0.2) is 0 Å². The minimum atomic E-state index is -1.24. The molecule has 0 fully saturated rings. The summed E-state index contributed by atoms with van der Waals surface area (Å²) in [7, 11) is 0. The summed E-state index contributed by atoms with van der Waals surface area (Å²) < 4.78 is 0. The lowest BCUT2D eigenvalue weighted by molar-refractivity contribution is -0.309. The van der Waals surface area contributed by atoms with Crippen molar-refractivity contribution in [2.45, 2.75) is 26.8 Å². The molecule has 4 nitrogen and oxygen atoms in total. The van der Waals surface area contributed by atoms with Crippen LogP contribution in [0.15, 0.2) is 0 Å². The summed E-state index contributed by atoms with van der Waals surface area (Å²) in [6, 6.07) is -0.882. The molecule has 1 atom stereocenters. The topological polar surface area (TPSA) is 69.2 Å². The first kappa shape index (κ1) is 9.94. The Morgan fingerprint density at radius 3 is 1.91 bits per heavy atom. The van der Waals surface area contributed by atoms with E-state index in [1.54, 1.807) is 13.8 Å². The number of rotatable bonds is 3. The first-order valence-corrected chi connectivity index (χ1v) is 3.43. The molecule has 4 heteroatoms. The summed E-state index contributed by atoms with van der Waals surface area (Å²) in [5.74, 6) is -1.74. The van der Waals surface area contributed by atoms with Crippen LogP contribution < -0.4 is 10.4 Å². The zero-order valence-corrected chi connectivity index (χ0v) is 6.88. The van der Waals surface area contributed by atoms with Gasteiger partial charge in [0.1, 0.15) is 0 Å². The number of aliphatic carboxylic acids is 1. The largest absolute Gasteiger partial charge is 0.548 e. The number of hydrogen-bond donors (Lipinski definition) is 1. The fraction of sp³-hybridized carbons (Fsp3) is 0.714. The van der Waals surface area contributed by atoms with Gasteiger partial charge in [0, 0.05) is 6.92 Å². The number of carboxylic acids is 1. The van der Waals surface area contributed by atoms with Gasteiger partial charge in [-0.1, -0.05) is 13.8 Å². The monoisotopic (exact) mass is 158 g/mol. The van der Waals surface area contributed by atoms with Crippen molar-refractivity contribution in [2.75, 3.05) is 0 Å². The standard InChI is InChI=1S/C7H13NO3/c1-4(2)6(7(10)11)8-5(3)9/h4,6H,1-3H3,(H,8,9)(H,10,11)/p-1/t6-/m1/s1. The second-order valence-electron chi connectivity index (χ2n) is 2.74. The molecule has 0 spiro atoms. The summed E-state index contributed by atoms with van der Waals surface area (Å²) in [4.78, 5) is 20.8. The zero-order valence-electron chi connectivity index (χ0n) is 6.88. The molecule has 0 aromatic rings. The molecule has 0 aromatic carbocycles. The molecule has 0 aromatic heterocycles. The van der Waals surface area contributed by atoms with E-state index in [-0.39, 0.29) is 11.8 Å². The van der Waals surface area contributed by atoms with Gasteiger partial charge in [0.15, 0.2) is 0 Å². The zero-order chi connectivity index (χ0) is 9.02. The molecule has 1 amide bonds. The summed E-state index contributed by atoms with van der Waals surface area (Å²) in [5.41, 5.74) is 0. The van der Waals surface area contributed by atoms with Gasteiger partial charge < -0.3 is 15.2 Å². The number of nitrogens with one attached hydrogen (secondary N) is 1. The lowest BCUT2D eigenvalue weighted by Gasteiger charge is -2.22. The minimum absolute atomic E-state index is 0.149. The smallest absolute Gasteiger partial charge is 0.217 e. The van der Waals surface area contributed by atoms with E-state index in [0.29, 0.717) is 0 Å². The maximum atomic E-state index is 10.5. The van der Waals surface area contributed by atoms with Gasteiger partial charge in [0.2, 0.25) is 5.91 Å². The van der Waals surface area contributed by atoms with Crippen LogP contribution in [0.5, 0.6) is 0 Å². The average molecular weight is 158 g/mol. The van der Waals surface area contributed by atoms with Crippen molar-refractivity contribution in [3.8, 4) is 0 Å². The Morgan fingerprint density at radius 2 is 1.82 bits per heavy atom. The normalized spacial score (nSPS) is 12.7. The highest BCUT2D eigenvalue weighted by Gasteiger charge is 2.14. The van der Waals surface area contributed by atoms with Crippen LogP contribution in [0.25, 0.3) is 0 Å². The molecule has 0 rings (SSSR count). The molecule has 0 aliphatic carbocycles. The molecule has 0 saturated heterocycles. The van der Waals surface area contributed by atoms with Crippen molar-refractivity contribution in [3.63, 3.8) is 0 Å². The van der Waals surface area contributed by atoms with Crippen LogP contribution in [0.1, 0.15) is 20.8 Å². The molecular formula is C7H12NO3-. The van der Waals surface area contributed by atoms with E-state index in [9.17, 15) is 14.7 Å². The molecule has 0 radical (unpaired) electrons. The third-order valence-corrected chi connectivity index (χ3v) is 1.28. The third-order valence-electron chi connectivity index (χ3n) is 1.28. The van der Waals surface area contributed by atoms with Crippen LogP contribution >= 0.6 is 0 Å². The second-order valence-corrected chi connectivity index (χ2v) is 2.74. The molecule has 0 aliphatic heterocycles. The van der Waals surface area contributed by atoms with Gasteiger partial charge in [-0.3, -0.25) is 4.79 Å².